The monoisotopic (exact) mass is 375 g/mol. The summed E-state index contributed by atoms with van der Waals surface area (Å²) in [4.78, 5) is 35.7. The van der Waals surface area contributed by atoms with Gasteiger partial charge in [0.05, 0.1) is 10.1 Å². The molecule has 0 aromatic heterocycles. The van der Waals surface area contributed by atoms with Crippen LogP contribution in [0.1, 0.15) is 47.0 Å². The molecule has 1 aliphatic heterocycles. The van der Waals surface area contributed by atoms with Gasteiger partial charge in [0.15, 0.2) is 0 Å². The summed E-state index contributed by atoms with van der Waals surface area (Å²) in [5.74, 6) is -1.55. The Morgan fingerprint density at radius 2 is 1.86 bits per heavy atom. The number of halogens is 1. The minimum Gasteiger partial charge on any atom is -0.481 e. The Balaban J connectivity index is 2.55. The Bertz CT molecular complexity index is 510. The summed E-state index contributed by atoms with van der Waals surface area (Å²) in [6, 6.07) is 0. The van der Waals surface area contributed by atoms with E-state index in [0.717, 1.165) is 0 Å². The Hall–Kier alpha value is -1.21. The molecule has 0 atom stereocenters. The number of carboxylic acids is 1. The molecule has 6 nitrogen and oxygen atoms in total. The molecular weight excluding hydrogens is 354 g/mol. The molecule has 22 heavy (non-hydrogen) atoms. The summed E-state index contributed by atoms with van der Waals surface area (Å²) in [5, 5.41) is 8.71. The Labute approximate surface area is 138 Å². The van der Waals surface area contributed by atoms with Gasteiger partial charge in [-0.2, -0.15) is 0 Å². The highest BCUT2D eigenvalue weighted by Gasteiger charge is 2.40. The number of rotatable bonds is 8. The van der Waals surface area contributed by atoms with E-state index in [-0.39, 0.29) is 22.7 Å². The Morgan fingerprint density at radius 3 is 2.32 bits per heavy atom. The lowest BCUT2D eigenvalue weighted by molar-refractivity contribution is -0.145. The fourth-order valence-corrected chi connectivity index (χ4v) is 2.56. The maximum absolute atomic E-state index is 12.0. The molecule has 1 heterocycles. The van der Waals surface area contributed by atoms with E-state index in [2.05, 4.69) is 15.9 Å². The lowest BCUT2D eigenvalue weighted by atomic mass is 9.98. The lowest BCUT2D eigenvalue weighted by Crippen LogP contribution is -2.49. The van der Waals surface area contributed by atoms with Crippen molar-refractivity contribution >= 4 is 33.7 Å². The van der Waals surface area contributed by atoms with Crippen molar-refractivity contribution in [2.75, 3.05) is 6.61 Å². The quantitative estimate of drug-likeness (QED) is 0.658. The van der Waals surface area contributed by atoms with Crippen molar-refractivity contribution in [1.29, 1.82) is 0 Å². The molecule has 0 unspecified atom stereocenters. The highest BCUT2D eigenvalue weighted by atomic mass is 79.9. The van der Waals surface area contributed by atoms with Crippen molar-refractivity contribution in [2.24, 2.45) is 0 Å². The van der Waals surface area contributed by atoms with Crippen molar-refractivity contribution < 1.29 is 24.2 Å². The molecule has 124 valence electrons. The van der Waals surface area contributed by atoms with Crippen LogP contribution in [0.15, 0.2) is 10.6 Å². The largest absolute Gasteiger partial charge is 0.481 e. The van der Waals surface area contributed by atoms with Crippen LogP contribution in [0.3, 0.4) is 0 Å². The Morgan fingerprint density at radius 1 is 1.27 bits per heavy atom. The molecule has 0 radical (unpaired) electrons. The average Bonchev–Trinajstić information content (AvgIpc) is 2.60. The van der Waals surface area contributed by atoms with Gasteiger partial charge in [-0.25, -0.2) is 0 Å². The minimum atomic E-state index is -0.860. The van der Waals surface area contributed by atoms with E-state index in [4.69, 9.17) is 9.84 Å². The van der Waals surface area contributed by atoms with Crippen molar-refractivity contribution in [2.45, 2.75) is 58.1 Å². The molecule has 0 spiro atoms. The van der Waals surface area contributed by atoms with Crippen molar-refractivity contribution in [1.82, 2.24) is 4.90 Å². The van der Waals surface area contributed by atoms with Crippen LogP contribution in [0.25, 0.3) is 0 Å². The highest BCUT2D eigenvalue weighted by Crippen LogP contribution is 2.29. The zero-order chi connectivity index (χ0) is 17.1. The van der Waals surface area contributed by atoms with Crippen LogP contribution < -0.4 is 0 Å². The SMILES string of the molecule is CC(C)(CCC(=O)O)OCCC(C)(C)N1C(=O)C=C(Br)C1=O. The first kappa shape index (κ1) is 18.8. The average molecular weight is 376 g/mol. The molecule has 7 heteroatoms. The maximum Gasteiger partial charge on any atom is 0.303 e. The second-order valence-electron chi connectivity index (χ2n) is 6.54. The normalized spacial score (nSPS) is 16.2. The number of hydrogen-bond donors (Lipinski definition) is 1. The van der Waals surface area contributed by atoms with Crippen LogP contribution in [0.2, 0.25) is 0 Å². The van der Waals surface area contributed by atoms with Gasteiger partial charge in [0.25, 0.3) is 11.8 Å². The van der Waals surface area contributed by atoms with E-state index in [1.807, 2.05) is 13.8 Å². The first-order valence-corrected chi connectivity index (χ1v) is 7.87. The molecule has 0 aromatic rings. The summed E-state index contributed by atoms with van der Waals surface area (Å²) in [6.45, 7) is 7.58. The number of carboxylic acid groups (broad SMARTS) is 1. The van der Waals surface area contributed by atoms with Crippen LogP contribution in [0, 0.1) is 0 Å². The van der Waals surface area contributed by atoms with Gasteiger partial charge in [-0.05, 0) is 56.5 Å². The lowest BCUT2D eigenvalue weighted by Gasteiger charge is -2.35. The summed E-state index contributed by atoms with van der Waals surface area (Å²) in [5.41, 5.74) is -1.24. The van der Waals surface area contributed by atoms with Crippen molar-refractivity contribution in [3.8, 4) is 0 Å². The molecular formula is C15H22BrNO5. The third-order valence-electron chi connectivity index (χ3n) is 3.63. The van der Waals surface area contributed by atoms with E-state index in [1.165, 1.54) is 11.0 Å². The van der Waals surface area contributed by atoms with Gasteiger partial charge < -0.3 is 9.84 Å². The molecule has 0 saturated heterocycles. The second-order valence-corrected chi connectivity index (χ2v) is 7.39. The van der Waals surface area contributed by atoms with Gasteiger partial charge in [-0.15, -0.1) is 0 Å². The van der Waals surface area contributed by atoms with Gasteiger partial charge in [0, 0.05) is 24.6 Å². The second kappa shape index (κ2) is 6.91. The summed E-state index contributed by atoms with van der Waals surface area (Å²) < 4.78 is 5.99. The number of carbonyl (C=O) groups excluding carboxylic acids is 2. The fourth-order valence-electron chi connectivity index (χ4n) is 2.18. The smallest absolute Gasteiger partial charge is 0.303 e. The predicted molar refractivity (Wildman–Crippen MR) is 84.5 cm³/mol. The number of aliphatic carboxylic acids is 1. The number of amides is 2. The number of nitrogens with zero attached hydrogens (tertiary/aromatic N) is 1. The van der Waals surface area contributed by atoms with Gasteiger partial charge in [-0.3, -0.25) is 19.3 Å². The van der Waals surface area contributed by atoms with E-state index < -0.39 is 17.1 Å². The first-order valence-electron chi connectivity index (χ1n) is 7.08. The summed E-state index contributed by atoms with van der Waals surface area (Å²) in [7, 11) is 0. The summed E-state index contributed by atoms with van der Waals surface area (Å²) in [6.07, 6.45) is 2.17. The third-order valence-corrected chi connectivity index (χ3v) is 4.20. The van der Waals surface area contributed by atoms with Crippen LogP contribution in [-0.2, 0) is 19.1 Å². The topological polar surface area (TPSA) is 83.9 Å². The van der Waals surface area contributed by atoms with Crippen LogP contribution in [0.4, 0.5) is 0 Å². The maximum atomic E-state index is 12.0. The van der Waals surface area contributed by atoms with Gasteiger partial charge in [0.2, 0.25) is 0 Å². The molecule has 0 bridgehead atoms. The van der Waals surface area contributed by atoms with Crippen molar-refractivity contribution in [3.63, 3.8) is 0 Å². The van der Waals surface area contributed by atoms with Crippen LogP contribution in [0.5, 0.6) is 0 Å². The Kier molecular flexibility index (Phi) is 5.92. The van der Waals surface area contributed by atoms with E-state index in [9.17, 15) is 14.4 Å². The third kappa shape index (κ3) is 4.91. The van der Waals surface area contributed by atoms with E-state index in [0.29, 0.717) is 19.4 Å². The van der Waals surface area contributed by atoms with Crippen LogP contribution >= 0.6 is 15.9 Å². The number of ether oxygens (including phenoxy) is 1. The number of hydrogen-bond acceptors (Lipinski definition) is 4. The van der Waals surface area contributed by atoms with E-state index in [1.54, 1.807) is 13.8 Å². The molecule has 2 amide bonds. The van der Waals surface area contributed by atoms with E-state index >= 15 is 0 Å². The molecule has 0 fully saturated rings. The molecule has 1 aliphatic rings. The fraction of sp³-hybridized carbons (Fsp3) is 0.667. The number of imide groups is 1. The minimum absolute atomic E-state index is 0.0381. The van der Waals surface area contributed by atoms with Gasteiger partial charge >= 0.3 is 5.97 Å². The van der Waals surface area contributed by atoms with Crippen LogP contribution in [-0.4, -0.2) is 45.5 Å². The molecule has 1 N–H and O–H groups in total. The number of carbonyl (C=O) groups is 3. The van der Waals surface area contributed by atoms with Gasteiger partial charge in [-0.1, -0.05) is 0 Å². The molecule has 1 rings (SSSR count). The molecule has 0 aliphatic carbocycles. The van der Waals surface area contributed by atoms with Gasteiger partial charge in [0.1, 0.15) is 0 Å². The molecule has 0 aromatic carbocycles. The highest BCUT2D eigenvalue weighted by molar-refractivity contribution is 9.12. The van der Waals surface area contributed by atoms with Crippen molar-refractivity contribution in [3.05, 3.63) is 10.6 Å². The zero-order valence-electron chi connectivity index (χ0n) is 13.3. The summed E-state index contributed by atoms with van der Waals surface area (Å²) >= 11 is 3.07. The predicted octanol–water partition coefficient (Wildman–Crippen LogP) is 2.46. The molecule has 0 saturated carbocycles. The first-order chi connectivity index (χ1) is 9.96. The zero-order valence-corrected chi connectivity index (χ0v) is 14.9. The standard InChI is InChI=1S/C15H22BrNO5/c1-14(2,17-11(18)9-10(16)13(17)21)7-8-22-15(3,4)6-5-12(19)20/h9H,5-8H2,1-4H3,(H,19,20).